The molecule has 3 rings (SSSR count). The van der Waals surface area contributed by atoms with E-state index in [-0.39, 0.29) is 12.5 Å². The Bertz CT molecular complexity index is 391. The van der Waals surface area contributed by atoms with Crippen LogP contribution in [0.2, 0.25) is 0 Å². The number of carboxylic acids is 1. The van der Waals surface area contributed by atoms with Crippen LogP contribution in [0.3, 0.4) is 0 Å². The van der Waals surface area contributed by atoms with Gasteiger partial charge in [0.1, 0.15) is 0 Å². The van der Waals surface area contributed by atoms with Crippen molar-refractivity contribution in [2.45, 2.75) is 51.0 Å². The van der Waals surface area contributed by atoms with Gasteiger partial charge >= 0.3 is 12.0 Å². The molecule has 0 aromatic rings. The Kier molecular flexibility index (Phi) is 3.85. The average molecular weight is 280 g/mol. The molecular formula is C15H24N2O3. The number of amides is 2. The van der Waals surface area contributed by atoms with Crippen molar-refractivity contribution in [1.29, 1.82) is 0 Å². The van der Waals surface area contributed by atoms with Crippen molar-refractivity contribution in [2.24, 2.45) is 11.8 Å². The maximum Gasteiger partial charge on any atom is 0.320 e. The molecule has 0 spiro atoms. The summed E-state index contributed by atoms with van der Waals surface area (Å²) in [6.07, 6.45) is 6.63. The first kappa shape index (κ1) is 13.7. The molecule has 2 unspecified atom stereocenters. The molecule has 5 nitrogen and oxygen atoms in total. The Morgan fingerprint density at radius 2 is 1.85 bits per heavy atom. The quantitative estimate of drug-likeness (QED) is 0.862. The number of likely N-dealkylation sites (tertiary alicyclic amines) is 2. The van der Waals surface area contributed by atoms with Crippen LogP contribution in [0.5, 0.6) is 0 Å². The number of piperidine rings is 2. The number of nitrogens with zero attached hydrogens (tertiary/aromatic N) is 2. The molecule has 1 saturated carbocycles. The fourth-order valence-electron chi connectivity index (χ4n) is 4.08. The van der Waals surface area contributed by atoms with Crippen molar-refractivity contribution < 1.29 is 14.7 Å². The third-order valence-electron chi connectivity index (χ3n) is 5.31. The Morgan fingerprint density at radius 1 is 1.10 bits per heavy atom. The molecule has 112 valence electrons. The molecule has 5 heteroatoms. The third-order valence-corrected chi connectivity index (χ3v) is 5.31. The first-order valence-electron chi connectivity index (χ1n) is 7.91. The molecule has 1 aliphatic carbocycles. The van der Waals surface area contributed by atoms with E-state index in [1.807, 2.05) is 4.90 Å². The molecule has 20 heavy (non-hydrogen) atoms. The van der Waals surface area contributed by atoms with Crippen LogP contribution in [0.25, 0.3) is 0 Å². The van der Waals surface area contributed by atoms with Crippen LogP contribution < -0.4 is 0 Å². The minimum absolute atomic E-state index is 0.230. The molecule has 1 N–H and O–H groups in total. The summed E-state index contributed by atoms with van der Waals surface area (Å²) in [5, 5.41) is 8.72. The smallest absolute Gasteiger partial charge is 0.320 e. The number of rotatable bonds is 3. The van der Waals surface area contributed by atoms with Gasteiger partial charge in [-0.05, 0) is 50.4 Å². The second-order valence-corrected chi connectivity index (χ2v) is 6.63. The molecule has 0 aromatic carbocycles. The van der Waals surface area contributed by atoms with Crippen molar-refractivity contribution in [3.05, 3.63) is 0 Å². The predicted molar refractivity (Wildman–Crippen MR) is 74.4 cm³/mol. The van der Waals surface area contributed by atoms with Crippen molar-refractivity contribution in [3.8, 4) is 0 Å². The fraction of sp³-hybridized carbons (Fsp3) is 0.867. The van der Waals surface area contributed by atoms with Gasteiger partial charge in [-0.25, -0.2) is 4.79 Å². The van der Waals surface area contributed by atoms with Gasteiger partial charge in [-0.3, -0.25) is 4.79 Å². The first-order chi connectivity index (χ1) is 9.63. The molecule has 2 heterocycles. The molecule has 0 aromatic heterocycles. The van der Waals surface area contributed by atoms with Crippen molar-refractivity contribution >= 4 is 12.0 Å². The maximum absolute atomic E-state index is 12.5. The lowest BCUT2D eigenvalue weighted by Crippen LogP contribution is -2.49. The third kappa shape index (κ3) is 2.76. The summed E-state index contributed by atoms with van der Waals surface area (Å²) in [6.45, 7) is 2.57. The van der Waals surface area contributed by atoms with E-state index in [2.05, 4.69) is 4.90 Å². The number of hydrogen-bond acceptors (Lipinski definition) is 2. The summed E-state index contributed by atoms with van der Waals surface area (Å²) in [4.78, 5) is 27.2. The van der Waals surface area contributed by atoms with Gasteiger partial charge in [0, 0.05) is 32.1 Å². The summed E-state index contributed by atoms with van der Waals surface area (Å²) < 4.78 is 0. The monoisotopic (exact) mass is 280 g/mol. The van der Waals surface area contributed by atoms with Crippen LogP contribution >= 0.6 is 0 Å². The highest BCUT2D eigenvalue weighted by Gasteiger charge is 2.42. The van der Waals surface area contributed by atoms with Gasteiger partial charge in [0.25, 0.3) is 0 Å². The summed E-state index contributed by atoms with van der Waals surface area (Å²) in [7, 11) is 0. The molecule has 3 aliphatic rings. The lowest BCUT2D eigenvalue weighted by molar-refractivity contribution is -0.137. The summed E-state index contributed by atoms with van der Waals surface area (Å²) in [6, 6.07) is 0.728. The van der Waals surface area contributed by atoms with Crippen LogP contribution in [0.15, 0.2) is 0 Å². The Morgan fingerprint density at radius 3 is 2.40 bits per heavy atom. The predicted octanol–water partition coefficient (Wildman–Crippen LogP) is 2.17. The Hall–Kier alpha value is -1.26. The highest BCUT2D eigenvalue weighted by Crippen LogP contribution is 2.38. The molecule has 2 bridgehead atoms. The Balaban J connectivity index is 1.46. The minimum atomic E-state index is -0.711. The minimum Gasteiger partial charge on any atom is -0.481 e. The van der Waals surface area contributed by atoms with E-state index in [1.165, 1.54) is 19.3 Å². The Labute approximate surface area is 119 Å². The average Bonchev–Trinajstić information content (AvgIpc) is 3.07. The lowest BCUT2D eigenvalue weighted by Gasteiger charge is -2.37. The number of urea groups is 1. The normalized spacial score (nSPS) is 30.0. The largest absolute Gasteiger partial charge is 0.481 e. The van der Waals surface area contributed by atoms with E-state index in [0.717, 1.165) is 44.8 Å². The van der Waals surface area contributed by atoms with Crippen molar-refractivity contribution in [1.82, 2.24) is 9.80 Å². The maximum atomic E-state index is 12.5. The summed E-state index contributed by atoms with van der Waals surface area (Å²) in [5.41, 5.74) is 0. The van der Waals surface area contributed by atoms with Gasteiger partial charge in [0.15, 0.2) is 0 Å². The lowest BCUT2D eigenvalue weighted by atomic mass is 9.92. The number of fused-ring (bicyclic) bond motifs is 2. The zero-order valence-corrected chi connectivity index (χ0v) is 12.0. The number of carbonyl (C=O) groups is 2. The molecule has 2 atom stereocenters. The van der Waals surface area contributed by atoms with Gasteiger partial charge in [-0.15, -0.1) is 0 Å². The van der Waals surface area contributed by atoms with Gasteiger partial charge in [-0.2, -0.15) is 0 Å². The van der Waals surface area contributed by atoms with Crippen molar-refractivity contribution in [2.75, 3.05) is 19.6 Å². The van der Waals surface area contributed by atoms with E-state index >= 15 is 0 Å². The fourth-order valence-corrected chi connectivity index (χ4v) is 4.08. The van der Waals surface area contributed by atoms with Crippen molar-refractivity contribution in [3.63, 3.8) is 0 Å². The molecule has 2 aliphatic heterocycles. The van der Waals surface area contributed by atoms with Crippen LogP contribution in [-0.4, -0.2) is 52.6 Å². The van der Waals surface area contributed by atoms with E-state index in [4.69, 9.17) is 5.11 Å². The summed E-state index contributed by atoms with van der Waals surface area (Å²) >= 11 is 0. The highest BCUT2D eigenvalue weighted by atomic mass is 16.4. The molecule has 3 fully saturated rings. The van der Waals surface area contributed by atoms with E-state index in [9.17, 15) is 9.59 Å². The molecule has 2 amide bonds. The molecular weight excluding hydrogens is 256 g/mol. The van der Waals surface area contributed by atoms with Gasteiger partial charge in [0.2, 0.25) is 0 Å². The number of carboxylic acid groups (broad SMARTS) is 1. The van der Waals surface area contributed by atoms with Gasteiger partial charge in [-0.1, -0.05) is 0 Å². The van der Waals surface area contributed by atoms with E-state index < -0.39 is 5.97 Å². The number of hydrogen-bond donors (Lipinski definition) is 1. The zero-order valence-electron chi connectivity index (χ0n) is 12.0. The topological polar surface area (TPSA) is 60.9 Å². The van der Waals surface area contributed by atoms with Gasteiger partial charge in [0.05, 0.1) is 0 Å². The number of carbonyl (C=O) groups excluding carboxylic acids is 1. The second kappa shape index (κ2) is 5.62. The van der Waals surface area contributed by atoms with Gasteiger partial charge < -0.3 is 14.9 Å². The first-order valence-corrected chi connectivity index (χ1v) is 7.91. The van der Waals surface area contributed by atoms with E-state index in [1.54, 1.807) is 0 Å². The number of aliphatic carboxylic acids is 1. The SMILES string of the molecule is O=C(O)CCC1CCN(C(=O)N2CC3CCC2C3)CC1. The van der Waals surface area contributed by atoms with Crippen LogP contribution in [0.1, 0.15) is 44.9 Å². The summed E-state index contributed by atoms with van der Waals surface area (Å²) in [5.74, 6) is 0.513. The molecule has 0 radical (unpaired) electrons. The molecule has 2 saturated heterocycles. The highest BCUT2D eigenvalue weighted by molar-refractivity contribution is 5.75. The zero-order chi connectivity index (χ0) is 14.1. The second-order valence-electron chi connectivity index (χ2n) is 6.63. The van der Waals surface area contributed by atoms with E-state index in [0.29, 0.717) is 12.0 Å². The van der Waals surface area contributed by atoms with Crippen LogP contribution in [0, 0.1) is 11.8 Å². The standard InChI is InChI=1S/C15H24N2O3/c18-14(19)4-2-11-5-7-16(8-6-11)15(20)17-10-12-1-3-13(17)9-12/h11-13H,1-10H2,(H,18,19). The van der Waals surface area contributed by atoms with Crippen LogP contribution in [-0.2, 0) is 4.79 Å². The van der Waals surface area contributed by atoms with Crippen LogP contribution in [0.4, 0.5) is 4.79 Å².